The van der Waals surface area contributed by atoms with Gasteiger partial charge in [-0.05, 0) is 0 Å². The number of hydrogen-bond acceptors (Lipinski definition) is 0. The van der Waals surface area contributed by atoms with Crippen LogP contribution < -0.4 is 0 Å². The van der Waals surface area contributed by atoms with Crippen molar-refractivity contribution >= 4 is 16.5 Å². The average molecular weight is 133 g/mol. The Morgan fingerprint density at radius 3 is 1.80 bits per heavy atom. The summed E-state index contributed by atoms with van der Waals surface area (Å²) in [6.45, 7) is 4.54. The van der Waals surface area contributed by atoms with Crippen LogP contribution in [0.2, 0.25) is 5.25 Å². The summed E-state index contributed by atoms with van der Waals surface area (Å²) in [5, 5.41) is 1.49. The molecular weight excluding hydrogens is 121 g/mol. The molecule has 0 unspecified atom stereocenters. The topological polar surface area (TPSA) is 0 Å². The summed E-state index contributed by atoms with van der Waals surface area (Å²) in [7, 11) is 0. The zero-order chi connectivity index (χ0) is 4.28. The second kappa shape index (κ2) is 2.76. The van der Waals surface area contributed by atoms with E-state index in [0.717, 1.165) is 22.4 Å². The molecule has 0 bridgehead atoms. The molecule has 0 N–H and O–H groups in total. The third kappa shape index (κ3) is 4.54. The molecule has 0 nitrogen and oxygen atoms in total. The fourth-order valence-corrected chi connectivity index (χ4v) is 0. The minimum absolute atomic E-state index is 0.968. The van der Waals surface area contributed by atoms with Gasteiger partial charge in [-0.3, -0.25) is 0 Å². The molecule has 0 aromatic heterocycles. The van der Waals surface area contributed by atoms with Crippen molar-refractivity contribution in [3.05, 3.63) is 0 Å². The van der Waals surface area contributed by atoms with Gasteiger partial charge in [-0.2, -0.15) is 0 Å². The van der Waals surface area contributed by atoms with E-state index < -0.39 is 0 Å². The van der Waals surface area contributed by atoms with E-state index in [1.807, 2.05) is 0 Å². The summed E-state index contributed by atoms with van der Waals surface area (Å²) in [6, 6.07) is 0. The molecule has 5 heavy (non-hydrogen) atoms. The average Bonchev–Trinajstić information content (AvgIpc) is 1.38. The van der Waals surface area contributed by atoms with Gasteiger partial charge in [-0.25, -0.2) is 0 Å². The second-order valence-electron chi connectivity index (χ2n) is 1.80. The van der Waals surface area contributed by atoms with Crippen LogP contribution in [0.3, 0.4) is 0 Å². The molecule has 0 rings (SSSR count). The summed E-state index contributed by atoms with van der Waals surface area (Å²) >= 11 is 1.08. The van der Waals surface area contributed by atoms with Crippen LogP contribution in [-0.4, -0.2) is 16.5 Å². The van der Waals surface area contributed by atoms with Gasteiger partial charge in [0.05, 0.1) is 0 Å². The van der Waals surface area contributed by atoms with Crippen LogP contribution in [0.1, 0.15) is 13.8 Å². The Hall–Kier alpha value is 0.543. The summed E-state index contributed by atoms with van der Waals surface area (Å²) in [5.74, 6) is 0.968. The zero-order valence-electron chi connectivity index (χ0n) is 4.28. The summed E-state index contributed by atoms with van der Waals surface area (Å²) < 4.78 is 0. The third-order valence-corrected chi connectivity index (χ3v) is 4.24. The van der Waals surface area contributed by atoms with Crippen LogP contribution in [0.25, 0.3) is 0 Å². The van der Waals surface area contributed by atoms with Crippen molar-refractivity contribution < 1.29 is 0 Å². The fourth-order valence-electron chi connectivity index (χ4n) is 0. The SMILES string of the molecule is CC(C)[CH2][GeH3]. The van der Waals surface area contributed by atoms with Gasteiger partial charge >= 0.3 is 41.5 Å². The molecule has 0 saturated carbocycles. The first-order valence-corrected chi connectivity index (χ1v) is 5.24. The van der Waals surface area contributed by atoms with E-state index in [0.29, 0.717) is 0 Å². The molecule has 0 radical (unpaired) electrons. The van der Waals surface area contributed by atoms with Crippen LogP contribution >= 0.6 is 0 Å². The Bertz CT molecular complexity index is 17.6. The molecule has 32 valence electrons. The predicted molar refractivity (Wildman–Crippen MR) is 29.6 cm³/mol. The van der Waals surface area contributed by atoms with E-state index in [2.05, 4.69) is 13.8 Å². The van der Waals surface area contributed by atoms with Gasteiger partial charge in [0, 0.05) is 0 Å². The van der Waals surface area contributed by atoms with E-state index in [4.69, 9.17) is 0 Å². The first kappa shape index (κ1) is 5.54. The van der Waals surface area contributed by atoms with E-state index in [-0.39, 0.29) is 0 Å². The quantitative estimate of drug-likeness (QED) is 0.454. The van der Waals surface area contributed by atoms with Crippen LogP contribution in [0.4, 0.5) is 0 Å². The molecule has 0 fully saturated rings. The first-order chi connectivity index (χ1) is 2.27. The van der Waals surface area contributed by atoms with Gasteiger partial charge in [0.15, 0.2) is 0 Å². The Morgan fingerprint density at radius 1 is 1.60 bits per heavy atom. The molecule has 1 heteroatoms. The van der Waals surface area contributed by atoms with Crippen LogP contribution in [0, 0.1) is 5.92 Å². The van der Waals surface area contributed by atoms with Crippen molar-refractivity contribution in [2.75, 3.05) is 0 Å². The maximum atomic E-state index is 2.27. The molecule has 0 aliphatic rings. The minimum atomic E-state index is 0.968. The molecule has 0 aliphatic heterocycles. The Balaban J connectivity index is 2.54. The summed E-state index contributed by atoms with van der Waals surface area (Å²) in [5.41, 5.74) is 0. The van der Waals surface area contributed by atoms with Crippen molar-refractivity contribution in [3.8, 4) is 0 Å². The summed E-state index contributed by atoms with van der Waals surface area (Å²) in [4.78, 5) is 0. The molecule has 0 aliphatic carbocycles. The van der Waals surface area contributed by atoms with Gasteiger partial charge in [0.2, 0.25) is 0 Å². The molecule has 0 saturated heterocycles. The van der Waals surface area contributed by atoms with Gasteiger partial charge in [-0.15, -0.1) is 0 Å². The molecule has 0 heterocycles. The monoisotopic (exact) mass is 134 g/mol. The van der Waals surface area contributed by atoms with Crippen molar-refractivity contribution in [3.63, 3.8) is 0 Å². The molecule has 0 aromatic rings. The molecule has 0 aromatic carbocycles. The van der Waals surface area contributed by atoms with E-state index in [1.54, 1.807) is 0 Å². The molecule has 0 spiro atoms. The Morgan fingerprint density at radius 2 is 1.80 bits per heavy atom. The van der Waals surface area contributed by atoms with Crippen molar-refractivity contribution in [2.24, 2.45) is 5.92 Å². The standard InChI is InChI=1S/C4H12Ge/c1-4(2)3-5/h4H,3H2,1-2,5H3. The number of rotatable bonds is 1. The van der Waals surface area contributed by atoms with E-state index >= 15 is 0 Å². The Kier molecular flexibility index (Phi) is 3.06. The van der Waals surface area contributed by atoms with Crippen LogP contribution in [0.5, 0.6) is 0 Å². The van der Waals surface area contributed by atoms with Crippen molar-refractivity contribution in [2.45, 2.75) is 19.1 Å². The zero-order valence-corrected chi connectivity index (χ0v) is 8.48. The third-order valence-electron chi connectivity index (χ3n) is 0.816. The van der Waals surface area contributed by atoms with E-state index in [9.17, 15) is 0 Å². The fraction of sp³-hybridized carbons (Fsp3) is 1.00. The predicted octanol–water partition coefficient (Wildman–Crippen LogP) is 0.426. The molecule has 0 amide bonds. The maximum absolute atomic E-state index is 2.27. The second-order valence-corrected chi connectivity index (χ2v) is 3.52. The first-order valence-electron chi connectivity index (χ1n) is 2.27. The molecule has 0 atom stereocenters. The molecular formula is C4H12Ge. The normalized spacial score (nSPS) is 10.2. The van der Waals surface area contributed by atoms with Gasteiger partial charge in [0.1, 0.15) is 0 Å². The van der Waals surface area contributed by atoms with Crippen LogP contribution in [0.15, 0.2) is 0 Å². The van der Waals surface area contributed by atoms with Gasteiger partial charge in [0.25, 0.3) is 0 Å². The van der Waals surface area contributed by atoms with Crippen molar-refractivity contribution in [1.82, 2.24) is 0 Å². The van der Waals surface area contributed by atoms with E-state index in [1.165, 1.54) is 5.25 Å². The van der Waals surface area contributed by atoms with Gasteiger partial charge in [-0.1, -0.05) is 0 Å². The van der Waals surface area contributed by atoms with Crippen LogP contribution in [-0.2, 0) is 0 Å². The number of hydrogen-bond donors (Lipinski definition) is 0. The van der Waals surface area contributed by atoms with Crippen molar-refractivity contribution in [1.29, 1.82) is 0 Å². The summed E-state index contributed by atoms with van der Waals surface area (Å²) in [6.07, 6.45) is 0. The Labute approximate surface area is 42.2 Å². The van der Waals surface area contributed by atoms with Gasteiger partial charge < -0.3 is 0 Å².